The minimum Gasteiger partial charge on any atom is -0.330 e. The van der Waals surface area contributed by atoms with Gasteiger partial charge < -0.3 is 5.73 Å². The van der Waals surface area contributed by atoms with E-state index in [0.717, 1.165) is 19.4 Å². The summed E-state index contributed by atoms with van der Waals surface area (Å²) in [5, 5.41) is 0. The summed E-state index contributed by atoms with van der Waals surface area (Å²) in [5.74, 6) is 0. The number of allylic oxidation sites excluding steroid dienone is 7. The van der Waals surface area contributed by atoms with Crippen molar-refractivity contribution in [1.29, 1.82) is 0 Å². The topological polar surface area (TPSA) is 26.0 Å². The van der Waals surface area contributed by atoms with Crippen LogP contribution in [0.5, 0.6) is 0 Å². The lowest BCUT2D eigenvalue weighted by Gasteiger charge is -2.32. The maximum atomic E-state index is 5.53. The number of hydrogen-bond donors (Lipinski definition) is 1. The Morgan fingerprint density at radius 2 is 2.10 bits per heavy atom. The fourth-order valence-electron chi connectivity index (χ4n) is 3.00. The average molecular weight is 273 g/mol. The summed E-state index contributed by atoms with van der Waals surface area (Å²) in [7, 11) is 0. The number of rotatable bonds is 6. The van der Waals surface area contributed by atoms with Crippen molar-refractivity contribution in [3.8, 4) is 0 Å². The van der Waals surface area contributed by atoms with Gasteiger partial charge in [0.2, 0.25) is 0 Å². The minimum atomic E-state index is 0.315. The summed E-state index contributed by atoms with van der Waals surface area (Å²) in [4.78, 5) is 0. The van der Waals surface area contributed by atoms with Gasteiger partial charge in [0.1, 0.15) is 0 Å². The van der Waals surface area contributed by atoms with Gasteiger partial charge in [-0.15, -0.1) is 0 Å². The van der Waals surface area contributed by atoms with Gasteiger partial charge in [-0.2, -0.15) is 0 Å². The molecule has 0 aromatic rings. The van der Waals surface area contributed by atoms with E-state index in [2.05, 4.69) is 52.5 Å². The van der Waals surface area contributed by atoms with Crippen LogP contribution < -0.4 is 5.73 Å². The molecule has 0 amide bonds. The first-order chi connectivity index (χ1) is 9.36. The molecule has 0 atom stereocenters. The molecule has 20 heavy (non-hydrogen) atoms. The molecule has 0 radical (unpaired) electrons. The van der Waals surface area contributed by atoms with Crippen molar-refractivity contribution < 1.29 is 0 Å². The van der Waals surface area contributed by atoms with Gasteiger partial charge in [-0.25, -0.2) is 0 Å². The van der Waals surface area contributed by atoms with E-state index >= 15 is 0 Å². The Morgan fingerprint density at radius 1 is 1.40 bits per heavy atom. The summed E-state index contributed by atoms with van der Waals surface area (Å²) in [5.41, 5.74) is 11.4. The molecular formula is C19H31N. The molecule has 0 unspecified atom stereocenters. The van der Waals surface area contributed by atoms with Crippen molar-refractivity contribution in [2.45, 2.75) is 59.8 Å². The molecule has 1 nitrogen and oxygen atoms in total. The average Bonchev–Trinajstić information content (AvgIpc) is 2.34. The second kappa shape index (κ2) is 7.64. The maximum Gasteiger partial charge on any atom is -0.00741 e. The van der Waals surface area contributed by atoms with Gasteiger partial charge in [0.15, 0.2) is 0 Å². The fraction of sp³-hybridized carbons (Fsp3) is 0.579. The molecule has 2 N–H and O–H groups in total. The Hall–Kier alpha value is -1.08. The second-order valence-electron chi connectivity index (χ2n) is 6.70. The number of hydrogen-bond acceptors (Lipinski definition) is 1. The van der Waals surface area contributed by atoms with Crippen LogP contribution in [0.4, 0.5) is 0 Å². The Labute approximate surface area is 125 Å². The molecule has 0 spiro atoms. The highest BCUT2D eigenvalue weighted by molar-refractivity contribution is 5.37. The molecule has 0 heterocycles. The van der Waals surface area contributed by atoms with Gasteiger partial charge in [-0.1, -0.05) is 55.4 Å². The summed E-state index contributed by atoms with van der Waals surface area (Å²) in [6.07, 6.45) is 12.6. The highest BCUT2D eigenvalue weighted by Crippen LogP contribution is 2.40. The van der Waals surface area contributed by atoms with E-state index in [1.807, 2.05) is 0 Å². The van der Waals surface area contributed by atoms with Crippen molar-refractivity contribution in [2.75, 3.05) is 6.54 Å². The van der Waals surface area contributed by atoms with Crippen LogP contribution in [-0.2, 0) is 0 Å². The van der Waals surface area contributed by atoms with E-state index in [1.54, 1.807) is 5.57 Å². The molecule has 0 bridgehead atoms. The smallest absolute Gasteiger partial charge is 0.00741 e. The molecule has 1 aliphatic rings. The van der Waals surface area contributed by atoms with Crippen molar-refractivity contribution in [3.05, 3.63) is 47.1 Å². The van der Waals surface area contributed by atoms with E-state index in [1.165, 1.54) is 36.0 Å². The Bertz CT molecular complexity index is 433. The molecule has 0 aliphatic heterocycles. The van der Waals surface area contributed by atoms with Crippen LogP contribution in [0.1, 0.15) is 59.8 Å². The first kappa shape index (κ1) is 17.0. The van der Waals surface area contributed by atoms with Crippen molar-refractivity contribution in [1.82, 2.24) is 0 Å². The van der Waals surface area contributed by atoms with Gasteiger partial charge in [0.25, 0.3) is 0 Å². The maximum absolute atomic E-state index is 5.53. The van der Waals surface area contributed by atoms with E-state index in [4.69, 9.17) is 5.73 Å². The lowest BCUT2D eigenvalue weighted by Crippen LogP contribution is -2.19. The first-order valence-corrected chi connectivity index (χ1v) is 7.81. The zero-order valence-electron chi connectivity index (χ0n) is 13.8. The highest BCUT2D eigenvalue weighted by Gasteiger charge is 2.26. The monoisotopic (exact) mass is 273 g/mol. The van der Waals surface area contributed by atoms with Crippen LogP contribution in [0, 0.1) is 5.41 Å². The second-order valence-corrected chi connectivity index (χ2v) is 6.70. The van der Waals surface area contributed by atoms with Crippen LogP contribution in [0.3, 0.4) is 0 Å². The zero-order chi connectivity index (χ0) is 15.2. The molecule has 0 aromatic heterocycles. The first-order valence-electron chi connectivity index (χ1n) is 7.81. The third-order valence-corrected chi connectivity index (χ3v) is 4.19. The van der Waals surface area contributed by atoms with Gasteiger partial charge in [0, 0.05) is 0 Å². The highest BCUT2D eigenvalue weighted by atomic mass is 14.5. The Kier molecular flexibility index (Phi) is 6.48. The largest absolute Gasteiger partial charge is 0.330 e. The predicted molar refractivity (Wildman–Crippen MR) is 90.7 cm³/mol. The van der Waals surface area contributed by atoms with Gasteiger partial charge in [0.05, 0.1) is 0 Å². The molecule has 112 valence electrons. The molecule has 1 aliphatic carbocycles. The van der Waals surface area contributed by atoms with Crippen molar-refractivity contribution in [3.63, 3.8) is 0 Å². The molecule has 0 aromatic carbocycles. The fourth-order valence-corrected chi connectivity index (χ4v) is 3.00. The molecule has 0 saturated carbocycles. The summed E-state index contributed by atoms with van der Waals surface area (Å²) < 4.78 is 0. The van der Waals surface area contributed by atoms with E-state index < -0.39 is 0 Å². The van der Waals surface area contributed by atoms with Gasteiger partial charge in [-0.05, 0) is 63.5 Å². The Balaban J connectivity index is 2.76. The third-order valence-electron chi connectivity index (χ3n) is 4.19. The van der Waals surface area contributed by atoms with Crippen LogP contribution >= 0.6 is 0 Å². The zero-order valence-corrected chi connectivity index (χ0v) is 13.8. The van der Waals surface area contributed by atoms with Gasteiger partial charge >= 0.3 is 0 Å². The molecular weight excluding hydrogens is 242 g/mol. The van der Waals surface area contributed by atoms with Crippen LogP contribution in [0.2, 0.25) is 0 Å². The standard InChI is InChI=1S/C19H31N/c1-15(8-7-13-20)14-16(2)10-11-18-17(3)9-6-12-19(18,4)5/h10-11,14H,1,6-9,12-13,20H2,2-5H3. The molecule has 1 heteroatoms. The van der Waals surface area contributed by atoms with Crippen molar-refractivity contribution >= 4 is 0 Å². The Morgan fingerprint density at radius 3 is 2.70 bits per heavy atom. The quantitative estimate of drug-likeness (QED) is 0.652. The lowest BCUT2D eigenvalue weighted by molar-refractivity contribution is 0.377. The van der Waals surface area contributed by atoms with E-state index in [-0.39, 0.29) is 0 Å². The van der Waals surface area contributed by atoms with Crippen LogP contribution in [0.25, 0.3) is 0 Å². The number of nitrogens with two attached hydrogens (primary N) is 1. The van der Waals surface area contributed by atoms with Crippen LogP contribution in [0.15, 0.2) is 47.1 Å². The van der Waals surface area contributed by atoms with E-state index in [9.17, 15) is 0 Å². The molecule has 0 fully saturated rings. The minimum absolute atomic E-state index is 0.315. The third kappa shape index (κ3) is 5.13. The molecule has 0 saturated heterocycles. The normalized spacial score (nSPS) is 19.8. The summed E-state index contributed by atoms with van der Waals surface area (Å²) in [6.45, 7) is 14.0. The lowest BCUT2D eigenvalue weighted by atomic mass is 9.72. The SMILES string of the molecule is C=C(C=C(C)C=CC1=C(C)CCCC1(C)C)CCCN. The van der Waals surface area contributed by atoms with Gasteiger partial charge in [-0.3, -0.25) is 0 Å². The molecule has 1 rings (SSSR count). The summed E-state index contributed by atoms with van der Waals surface area (Å²) in [6, 6.07) is 0. The predicted octanol–water partition coefficient (Wildman–Crippen LogP) is 5.31. The van der Waals surface area contributed by atoms with Crippen molar-refractivity contribution in [2.24, 2.45) is 11.1 Å². The van der Waals surface area contributed by atoms with Crippen LogP contribution in [-0.4, -0.2) is 6.54 Å². The van der Waals surface area contributed by atoms with E-state index in [0.29, 0.717) is 5.41 Å². The summed E-state index contributed by atoms with van der Waals surface area (Å²) >= 11 is 0.